The Bertz CT molecular complexity index is 580. The highest BCUT2D eigenvalue weighted by molar-refractivity contribution is 5.74. The van der Waals surface area contributed by atoms with E-state index in [1.165, 1.54) is 45.1 Å². The van der Waals surface area contributed by atoms with Crippen molar-refractivity contribution in [3.8, 4) is 0 Å². The van der Waals surface area contributed by atoms with E-state index in [1.807, 2.05) is 11.0 Å². The highest BCUT2D eigenvalue weighted by Crippen LogP contribution is 2.28. The summed E-state index contributed by atoms with van der Waals surface area (Å²) in [5.41, 5.74) is 0.961. The zero-order chi connectivity index (χ0) is 16.5. The minimum absolute atomic E-state index is 0.0597. The molecule has 2 aliphatic heterocycles. The molecule has 0 spiro atoms. The maximum Gasteiger partial charge on any atom is 0.318 e. The van der Waals surface area contributed by atoms with Gasteiger partial charge in [-0.2, -0.15) is 5.10 Å². The van der Waals surface area contributed by atoms with Crippen LogP contribution in [0.4, 0.5) is 4.79 Å². The zero-order valence-electron chi connectivity index (χ0n) is 14.7. The second kappa shape index (κ2) is 6.75. The quantitative estimate of drug-likeness (QED) is 0.925. The molecule has 2 atom stereocenters. The van der Waals surface area contributed by atoms with Crippen molar-refractivity contribution in [3.05, 3.63) is 18.0 Å². The van der Waals surface area contributed by atoms with Crippen LogP contribution in [-0.2, 0) is 6.54 Å². The van der Waals surface area contributed by atoms with Crippen LogP contribution in [0.25, 0.3) is 0 Å². The van der Waals surface area contributed by atoms with Crippen LogP contribution in [0.5, 0.6) is 0 Å². The lowest BCUT2D eigenvalue weighted by molar-refractivity contribution is 0.0802. The minimum Gasteiger partial charge on any atom is -0.332 e. The fourth-order valence-corrected chi connectivity index (χ4v) is 4.58. The van der Waals surface area contributed by atoms with E-state index in [0.717, 1.165) is 18.8 Å². The molecule has 1 aromatic rings. The summed E-state index contributed by atoms with van der Waals surface area (Å²) in [7, 11) is 0. The number of carbonyl (C=O) groups excluding carboxylic acids is 1. The van der Waals surface area contributed by atoms with Gasteiger partial charge in [-0.15, -0.1) is 0 Å². The van der Waals surface area contributed by atoms with Crippen molar-refractivity contribution in [1.29, 1.82) is 0 Å². The van der Waals surface area contributed by atoms with E-state index in [1.54, 1.807) is 0 Å². The van der Waals surface area contributed by atoms with E-state index in [-0.39, 0.29) is 12.1 Å². The number of aromatic nitrogens is 2. The van der Waals surface area contributed by atoms with E-state index in [9.17, 15) is 4.79 Å². The van der Waals surface area contributed by atoms with E-state index in [4.69, 9.17) is 0 Å². The summed E-state index contributed by atoms with van der Waals surface area (Å²) in [6.45, 7) is 5.75. The van der Waals surface area contributed by atoms with Crippen LogP contribution >= 0.6 is 0 Å². The van der Waals surface area contributed by atoms with Crippen LogP contribution in [0.2, 0.25) is 0 Å². The molecule has 1 aromatic heterocycles. The number of fused-ring (bicyclic) bond motifs is 1. The summed E-state index contributed by atoms with van der Waals surface area (Å²) in [6, 6.07) is 3.51. The molecule has 0 radical (unpaired) electrons. The largest absolute Gasteiger partial charge is 0.332 e. The van der Waals surface area contributed by atoms with Gasteiger partial charge in [0, 0.05) is 31.4 Å². The smallest absolute Gasteiger partial charge is 0.318 e. The molecule has 1 N–H and O–H groups in total. The highest BCUT2D eigenvalue weighted by atomic mass is 16.2. The van der Waals surface area contributed by atoms with E-state index in [2.05, 4.69) is 33.1 Å². The summed E-state index contributed by atoms with van der Waals surface area (Å²) in [6.07, 6.45) is 9.64. The number of rotatable bonds is 3. The van der Waals surface area contributed by atoms with E-state index in [0.29, 0.717) is 18.6 Å². The van der Waals surface area contributed by atoms with Gasteiger partial charge in [-0.3, -0.25) is 9.58 Å². The van der Waals surface area contributed by atoms with Gasteiger partial charge in [-0.1, -0.05) is 12.8 Å². The fraction of sp³-hybridized carbons (Fsp3) is 0.778. The van der Waals surface area contributed by atoms with Gasteiger partial charge in [-0.05, 0) is 45.2 Å². The second-order valence-corrected chi connectivity index (χ2v) is 7.68. The van der Waals surface area contributed by atoms with Gasteiger partial charge in [0.2, 0.25) is 0 Å². The lowest BCUT2D eigenvalue weighted by Gasteiger charge is -2.42. The van der Waals surface area contributed by atoms with Gasteiger partial charge < -0.3 is 10.2 Å². The molecule has 3 fully saturated rings. The first-order chi connectivity index (χ1) is 11.7. The normalized spacial score (nSPS) is 28.3. The number of nitrogens with one attached hydrogen (secondary N) is 1. The lowest BCUT2D eigenvalue weighted by atomic mass is 10.1. The number of hydrogen-bond acceptors (Lipinski definition) is 3. The van der Waals surface area contributed by atoms with Gasteiger partial charge in [0.1, 0.15) is 0 Å². The van der Waals surface area contributed by atoms with Crippen molar-refractivity contribution in [3.63, 3.8) is 0 Å². The van der Waals surface area contributed by atoms with Crippen LogP contribution in [-0.4, -0.2) is 57.3 Å². The third-order valence-electron chi connectivity index (χ3n) is 5.98. The number of nitrogens with zero attached hydrogens (tertiary/aromatic N) is 4. The Labute approximate surface area is 144 Å². The average Bonchev–Trinajstić information content (AvgIpc) is 3.31. The summed E-state index contributed by atoms with van der Waals surface area (Å²) in [4.78, 5) is 17.1. The molecule has 6 nitrogen and oxygen atoms in total. The van der Waals surface area contributed by atoms with E-state index >= 15 is 0 Å². The fourth-order valence-electron chi connectivity index (χ4n) is 4.58. The van der Waals surface area contributed by atoms with Gasteiger partial charge in [0.15, 0.2) is 0 Å². The molecule has 132 valence electrons. The van der Waals surface area contributed by atoms with Crippen molar-refractivity contribution >= 4 is 6.03 Å². The highest BCUT2D eigenvalue weighted by Gasteiger charge is 2.36. The van der Waals surface area contributed by atoms with Crippen LogP contribution in [0.3, 0.4) is 0 Å². The van der Waals surface area contributed by atoms with Crippen molar-refractivity contribution in [2.45, 2.75) is 70.1 Å². The maximum absolute atomic E-state index is 12.6. The third kappa shape index (κ3) is 3.16. The SMILES string of the molecule is C[C@@H]1CN2CCC[C@H]2CN1C(=O)NCc1ccn(C2CCCC2)n1. The zero-order valence-corrected chi connectivity index (χ0v) is 14.7. The predicted molar refractivity (Wildman–Crippen MR) is 92.7 cm³/mol. The molecule has 0 unspecified atom stereocenters. The van der Waals surface area contributed by atoms with Crippen LogP contribution in [0, 0.1) is 0 Å². The number of amides is 2. The molecule has 24 heavy (non-hydrogen) atoms. The molecule has 1 saturated carbocycles. The summed E-state index contributed by atoms with van der Waals surface area (Å²) >= 11 is 0. The van der Waals surface area contributed by atoms with Crippen molar-refractivity contribution < 1.29 is 4.79 Å². The molecule has 2 amide bonds. The molecule has 0 bridgehead atoms. The Kier molecular flexibility index (Phi) is 4.48. The first kappa shape index (κ1) is 15.9. The Morgan fingerprint density at radius 2 is 2.00 bits per heavy atom. The first-order valence-electron chi connectivity index (χ1n) is 9.53. The number of carbonyl (C=O) groups is 1. The minimum atomic E-state index is 0.0597. The Morgan fingerprint density at radius 1 is 1.21 bits per heavy atom. The van der Waals surface area contributed by atoms with Gasteiger partial charge in [-0.25, -0.2) is 4.79 Å². The molecule has 2 saturated heterocycles. The lowest BCUT2D eigenvalue weighted by Crippen LogP contribution is -2.58. The topological polar surface area (TPSA) is 53.4 Å². The van der Waals surface area contributed by atoms with Crippen LogP contribution < -0.4 is 5.32 Å². The van der Waals surface area contributed by atoms with Crippen LogP contribution in [0.1, 0.15) is 57.2 Å². The van der Waals surface area contributed by atoms with Crippen LogP contribution in [0.15, 0.2) is 12.3 Å². The number of urea groups is 1. The maximum atomic E-state index is 12.6. The summed E-state index contributed by atoms with van der Waals surface area (Å²) in [5.74, 6) is 0. The number of piperazine rings is 1. The van der Waals surface area contributed by atoms with Gasteiger partial charge in [0.05, 0.1) is 18.3 Å². The summed E-state index contributed by atoms with van der Waals surface area (Å²) in [5, 5.41) is 7.73. The molecule has 4 rings (SSSR count). The molecule has 3 heterocycles. The Hall–Kier alpha value is -1.56. The van der Waals surface area contributed by atoms with E-state index < -0.39 is 0 Å². The van der Waals surface area contributed by atoms with Gasteiger partial charge >= 0.3 is 6.03 Å². The Balaban J connectivity index is 1.31. The third-order valence-corrected chi connectivity index (χ3v) is 5.98. The molecule has 1 aliphatic carbocycles. The van der Waals surface area contributed by atoms with Gasteiger partial charge in [0.25, 0.3) is 0 Å². The Morgan fingerprint density at radius 3 is 2.83 bits per heavy atom. The van der Waals surface area contributed by atoms with Crippen molar-refractivity contribution in [1.82, 2.24) is 24.9 Å². The summed E-state index contributed by atoms with van der Waals surface area (Å²) < 4.78 is 2.09. The molecular formula is C18H29N5O. The average molecular weight is 331 g/mol. The molecular weight excluding hydrogens is 302 g/mol. The molecule has 6 heteroatoms. The monoisotopic (exact) mass is 331 g/mol. The molecule has 0 aromatic carbocycles. The molecule has 3 aliphatic rings. The first-order valence-corrected chi connectivity index (χ1v) is 9.53. The second-order valence-electron chi connectivity index (χ2n) is 7.68. The number of hydrogen-bond donors (Lipinski definition) is 1. The predicted octanol–water partition coefficient (Wildman–Crippen LogP) is 2.38. The van der Waals surface area contributed by atoms with Crippen molar-refractivity contribution in [2.24, 2.45) is 0 Å². The standard InChI is InChI=1S/C18H29N5O/c1-14-12-21-9-4-7-17(21)13-22(14)18(24)19-11-15-8-10-23(20-15)16-5-2-3-6-16/h8,10,14,16-17H,2-7,9,11-13H2,1H3,(H,19,24)/t14-,17+/m1/s1. The van der Waals surface area contributed by atoms with Crippen molar-refractivity contribution in [2.75, 3.05) is 19.6 Å².